The van der Waals surface area contributed by atoms with Gasteiger partial charge >= 0.3 is 6.18 Å². The summed E-state index contributed by atoms with van der Waals surface area (Å²) in [6.07, 6.45) is -2.04. The van der Waals surface area contributed by atoms with E-state index in [-0.39, 0.29) is 17.6 Å². The molecule has 0 N–H and O–H groups in total. The lowest BCUT2D eigenvalue weighted by atomic mass is 9.93. The summed E-state index contributed by atoms with van der Waals surface area (Å²) >= 11 is 1.85. The molecule has 9 heteroatoms. The van der Waals surface area contributed by atoms with E-state index >= 15 is 0 Å². The molecule has 2 fully saturated rings. The van der Waals surface area contributed by atoms with Gasteiger partial charge in [0.05, 0.1) is 5.56 Å². The summed E-state index contributed by atoms with van der Waals surface area (Å²) in [6, 6.07) is 0.492. The standard InChI is InChI=1S/C17H21F4N3OS/c18-14-10-13(17(19,20)21)11-22-16(14)24-3-1-12(2-4-24)9-15(25)23-5-7-26-8-6-23/h10-12H,1-9H2. The van der Waals surface area contributed by atoms with Crippen LogP contribution in [-0.4, -0.2) is 53.5 Å². The molecule has 0 aliphatic carbocycles. The first-order valence-electron chi connectivity index (χ1n) is 8.68. The highest BCUT2D eigenvalue weighted by Crippen LogP contribution is 2.32. The van der Waals surface area contributed by atoms with E-state index in [2.05, 4.69) is 4.98 Å². The van der Waals surface area contributed by atoms with Gasteiger partial charge in [0.25, 0.3) is 0 Å². The van der Waals surface area contributed by atoms with Gasteiger partial charge in [0.2, 0.25) is 5.91 Å². The van der Waals surface area contributed by atoms with Gasteiger partial charge < -0.3 is 9.80 Å². The molecule has 0 saturated carbocycles. The highest BCUT2D eigenvalue weighted by Gasteiger charge is 2.33. The average molecular weight is 391 g/mol. The Morgan fingerprint density at radius 2 is 1.85 bits per heavy atom. The Morgan fingerprint density at radius 1 is 1.19 bits per heavy atom. The van der Waals surface area contributed by atoms with E-state index in [4.69, 9.17) is 0 Å². The second kappa shape index (κ2) is 8.02. The zero-order valence-electron chi connectivity index (χ0n) is 14.3. The lowest BCUT2D eigenvalue weighted by Crippen LogP contribution is -2.41. The lowest BCUT2D eigenvalue weighted by molar-refractivity contribution is -0.138. The van der Waals surface area contributed by atoms with Crippen molar-refractivity contribution in [2.24, 2.45) is 5.92 Å². The number of nitrogens with zero attached hydrogens (tertiary/aromatic N) is 3. The van der Waals surface area contributed by atoms with Crippen molar-refractivity contribution in [3.63, 3.8) is 0 Å². The molecule has 144 valence electrons. The largest absolute Gasteiger partial charge is 0.417 e. The Bertz CT molecular complexity index is 641. The molecule has 0 aromatic carbocycles. The van der Waals surface area contributed by atoms with Crippen LogP contribution in [-0.2, 0) is 11.0 Å². The maximum atomic E-state index is 14.0. The molecule has 2 saturated heterocycles. The second-order valence-electron chi connectivity index (χ2n) is 6.65. The number of halogens is 4. The number of rotatable bonds is 3. The Labute approximate surface area is 153 Å². The summed E-state index contributed by atoms with van der Waals surface area (Å²) in [4.78, 5) is 19.6. The Hall–Kier alpha value is -1.51. The van der Waals surface area contributed by atoms with Crippen LogP contribution in [0.1, 0.15) is 24.8 Å². The van der Waals surface area contributed by atoms with E-state index in [0.29, 0.717) is 44.6 Å². The van der Waals surface area contributed by atoms with E-state index in [9.17, 15) is 22.4 Å². The molecular formula is C17H21F4N3OS. The highest BCUT2D eigenvalue weighted by atomic mass is 32.2. The van der Waals surface area contributed by atoms with Crippen LogP contribution in [0.3, 0.4) is 0 Å². The average Bonchev–Trinajstić information content (AvgIpc) is 2.62. The molecule has 1 aromatic rings. The number of anilines is 1. The van der Waals surface area contributed by atoms with Crippen molar-refractivity contribution in [2.45, 2.75) is 25.4 Å². The van der Waals surface area contributed by atoms with Gasteiger partial charge in [-0.2, -0.15) is 24.9 Å². The lowest BCUT2D eigenvalue weighted by Gasteiger charge is -2.34. The van der Waals surface area contributed by atoms with Crippen LogP contribution in [0.25, 0.3) is 0 Å². The Balaban J connectivity index is 1.54. The van der Waals surface area contributed by atoms with Crippen molar-refractivity contribution in [1.29, 1.82) is 0 Å². The third kappa shape index (κ3) is 4.61. The molecule has 2 aliphatic heterocycles. The minimum atomic E-state index is -4.60. The normalized spacial score (nSPS) is 19.7. The van der Waals surface area contributed by atoms with Gasteiger partial charge in [-0.05, 0) is 24.8 Å². The number of pyridine rings is 1. The molecule has 4 nitrogen and oxygen atoms in total. The smallest absolute Gasteiger partial charge is 0.354 e. The highest BCUT2D eigenvalue weighted by molar-refractivity contribution is 7.99. The van der Waals surface area contributed by atoms with E-state index < -0.39 is 17.6 Å². The minimum absolute atomic E-state index is 0.0455. The molecule has 3 heterocycles. The summed E-state index contributed by atoms with van der Waals surface area (Å²) in [5.41, 5.74) is -1.08. The number of piperidine rings is 1. The summed E-state index contributed by atoms with van der Waals surface area (Å²) in [5.74, 6) is 1.34. The maximum absolute atomic E-state index is 14.0. The summed E-state index contributed by atoms with van der Waals surface area (Å²) in [5, 5.41) is 0. The van der Waals surface area contributed by atoms with Gasteiger partial charge in [0.1, 0.15) is 0 Å². The predicted molar refractivity (Wildman–Crippen MR) is 92.7 cm³/mol. The molecule has 3 rings (SSSR count). The van der Waals surface area contributed by atoms with Crippen molar-refractivity contribution in [3.8, 4) is 0 Å². The first-order valence-corrected chi connectivity index (χ1v) is 9.83. The van der Waals surface area contributed by atoms with E-state index in [1.165, 1.54) is 0 Å². The SMILES string of the molecule is O=C(CC1CCN(c2ncc(C(F)(F)F)cc2F)CC1)N1CCSCC1. The Morgan fingerprint density at radius 3 is 2.42 bits per heavy atom. The van der Waals surface area contributed by atoms with Crippen LogP contribution in [0.5, 0.6) is 0 Å². The second-order valence-corrected chi connectivity index (χ2v) is 7.88. The minimum Gasteiger partial charge on any atom is -0.354 e. The number of thioether (sulfide) groups is 1. The first kappa shape index (κ1) is 19.3. The number of alkyl halides is 3. The predicted octanol–water partition coefficient (Wildman–Crippen LogP) is 3.42. The van der Waals surface area contributed by atoms with Crippen molar-refractivity contribution < 1.29 is 22.4 Å². The molecule has 0 spiro atoms. The fraction of sp³-hybridized carbons (Fsp3) is 0.647. The first-order chi connectivity index (χ1) is 12.3. The van der Waals surface area contributed by atoms with Gasteiger partial charge in [-0.15, -0.1) is 0 Å². The Kier molecular flexibility index (Phi) is 5.94. The van der Waals surface area contributed by atoms with Crippen LogP contribution in [0.15, 0.2) is 12.3 Å². The number of aromatic nitrogens is 1. The number of amides is 1. The van der Waals surface area contributed by atoms with Crippen molar-refractivity contribution in [3.05, 3.63) is 23.6 Å². The molecule has 0 bridgehead atoms. The number of carbonyl (C=O) groups is 1. The molecular weight excluding hydrogens is 370 g/mol. The van der Waals surface area contributed by atoms with Crippen LogP contribution < -0.4 is 4.90 Å². The van der Waals surface area contributed by atoms with Gasteiger partial charge in [0.15, 0.2) is 11.6 Å². The fourth-order valence-electron chi connectivity index (χ4n) is 3.36. The van der Waals surface area contributed by atoms with E-state index in [1.54, 1.807) is 4.90 Å². The summed E-state index contributed by atoms with van der Waals surface area (Å²) < 4.78 is 51.9. The van der Waals surface area contributed by atoms with Crippen LogP contribution in [0.4, 0.5) is 23.4 Å². The van der Waals surface area contributed by atoms with Gasteiger partial charge in [0, 0.05) is 50.3 Å². The molecule has 0 radical (unpaired) electrons. The summed E-state index contributed by atoms with van der Waals surface area (Å²) in [7, 11) is 0. The number of hydrogen-bond acceptors (Lipinski definition) is 4. The number of carbonyl (C=O) groups excluding carboxylic acids is 1. The van der Waals surface area contributed by atoms with Crippen LogP contribution >= 0.6 is 11.8 Å². The van der Waals surface area contributed by atoms with Crippen molar-refractivity contribution >= 4 is 23.5 Å². The topological polar surface area (TPSA) is 36.4 Å². The molecule has 0 atom stereocenters. The zero-order chi connectivity index (χ0) is 18.7. The molecule has 1 amide bonds. The van der Waals surface area contributed by atoms with Gasteiger partial charge in [-0.3, -0.25) is 4.79 Å². The zero-order valence-corrected chi connectivity index (χ0v) is 15.1. The summed E-state index contributed by atoms with van der Waals surface area (Å²) in [6.45, 7) is 2.57. The van der Waals surface area contributed by atoms with Gasteiger partial charge in [-0.25, -0.2) is 9.37 Å². The van der Waals surface area contributed by atoms with E-state index in [0.717, 1.165) is 24.6 Å². The molecule has 26 heavy (non-hydrogen) atoms. The van der Waals surface area contributed by atoms with Crippen LogP contribution in [0, 0.1) is 11.7 Å². The van der Waals surface area contributed by atoms with Crippen molar-refractivity contribution in [2.75, 3.05) is 42.6 Å². The fourth-order valence-corrected chi connectivity index (χ4v) is 4.26. The van der Waals surface area contributed by atoms with Crippen LogP contribution in [0.2, 0.25) is 0 Å². The maximum Gasteiger partial charge on any atom is 0.417 e. The third-order valence-corrected chi connectivity index (χ3v) is 5.83. The third-order valence-electron chi connectivity index (χ3n) is 4.89. The number of hydrogen-bond donors (Lipinski definition) is 0. The van der Waals surface area contributed by atoms with Crippen molar-refractivity contribution in [1.82, 2.24) is 9.88 Å². The molecule has 0 unspecified atom stereocenters. The van der Waals surface area contributed by atoms with Gasteiger partial charge in [-0.1, -0.05) is 0 Å². The van der Waals surface area contributed by atoms with E-state index in [1.807, 2.05) is 16.7 Å². The molecule has 1 aromatic heterocycles. The quantitative estimate of drug-likeness (QED) is 0.740. The monoisotopic (exact) mass is 391 g/mol. The molecule has 2 aliphatic rings.